The zero-order chi connectivity index (χ0) is 14.4. The second-order valence-electron chi connectivity index (χ2n) is 4.60. The summed E-state index contributed by atoms with van der Waals surface area (Å²) in [7, 11) is 1.52. The van der Waals surface area contributed by atoms with Crippen LogP contribution >= 0.6 is 0 Å². The summed E-state index contributed by atoms with van der Waals surface area (Å²) in [6.45, 7) is 3.82. The van der Waals surface area contributed by atoms with Crippen LogP contribution in [0.1, 0.15) is 18.9 Å². The first-order chi connectivity index (χ1) is 9.74. The largest absolute Gasteiger partial charge is 0.497 e. The van der Waals surface area contributed by atoms with E-state index in [4.69, 9.17) is 4.74 Å². The van der Waals surface area contributed by atoms with E-state index in [0.29, 0.717) is 11.3 Å². The lowest BCUT2D eigenvalue weighted by Gasteiger charge is -2.08. The summed E-state index contributed by atoms with van der Waals surface area (Å²) in [6, 6.07) is 6.81. The molecule has 0 amide bonds. The first-order valence-corrected chi connectivity index (χ1v) is 6.73. The normalized spacial score (nSPS) is 10.6. The van der Waals surface area contributed by atoms with Crippen molar-refractivity contribution < 1.29 is 9.13 Å². The summed E-state index contributed by atoms with van der Waals surface area (Å²) in [5.41, 5.74) is 2.36. The van der Waals surface area contributed by atoms with Gasteiger partial charge in [-0.05, 0) is 36.7 Å². The van der Waals surface area contributed by atoms with Gasteiger partial charge in [-0.25, -0.2) is 4.39 Å². The van der Waals surface area contributed by atoms with Crippen LogP contribution < -0.4 is 10.1 Å². The molecule has 0 aliphatic heterocycles. The van der Waals surface area contributed by atoms with Crippen molar-refractivity contribution in [2.45, 2.75) is 19.9 Å². The minimum Gasteiger partial charge on any atom is -0.497 e. The Bertz CT molecular complexity index is 572. The van der Waals surface area contributed by atoms with Gasteiger partial charge >= 0.3 is 0 Å². The van der Waals surface area contributed by atoms with E-state index in [1.807, 2.05) is 6.07 Å². The summed E-state index contributed by atoms with van der Waals surface area (Å²) >= 11 is 0. The summed E-state index contributed by atoms with van der Waals surface area (Å²) in [6.07, 6.45) is 4.56. The highest BCUT2D eigenvalue weighted by molar-refractivity contribution is 5.64. The third-order valence-corrected chi connectivity index (χ3v) is 3.04. The number of nitrogens with one attached hydrogen (secondary N) is 1. The van der Waals surface area contributed by atoms with E-state index in [1.54, 1.807) is 24.5 Å². The maximum atomic E-state index is 14.0. The molecule has 0 bridgehead atoms. The summed E-state index contributed by atoms with van der Waals surface area (Å²) in [5.74, 6) is 0.213. The maximum Gasteiger partial charge on any atom is 0.134 e. The molecule has 2 aromatic rings. The van der Waals surface area contributed by atoms with Gasteiger partial charge in [-0.3, -0.25) is 4.98 Å². The van der Waals surface area contributed by atoms with Gasteiger partial charge in [0, 0.05) is 36.1 Å². The second kappa shape index (κ2) is 7.01. The molecule has 0 fully saturated rings. The van der Waals surface area contributed by atoms with Crippen molar-refractivity contribution in [3.05, 3.63) is 48.0 Å². The van der Waals surface area contributed by atoms with Gasteiger partial charge in [0.05, 0.1) is 7.11 Å². The van der Waals surface area contributed by atoms with Crippen LogP contribution in [0, 0.1) is 5.82 Å². The monoisotopic (exact) mass is 274 g/mol. The highest BCUT2D eigenvalue weighted by Crippen LogP contribution is 2.26. The van der Waals surface area contributed by atoms with Crippen LogP contribution in [0.3, 0.4) is 0 Å². The average molecular weight is 274 g/mol. The van der Waals surface area contributed by atoms with Crippen molar-refractivity contribution in [2.24, 2.45) is 0 Å². The number of pyridine rings is 1. The number of rotatable bonds is 6. The molecule has 0 aliphatic carbocycles. The lowest BCUT2D eigenvalue weighted by Crippen LogP contribution is -2.13. The predicted octanol–water partition coefficient (Wildman–Crippen LogP) is 3.40. The van der Waals surface area contributed by atoms with Crippen LogP contribution in [-0.2, 0) is 6.54 Å². The van der Waals surface area contributed by atoms with Crippen molar-refractivity contribution in [1.29, 1.82) is 0 Å². The molecule has 106 valence electrons. The van der Waals surface area contributed by atoms with Gasteiger partial charge < -0.3 is 10.1 Å². The number of hydrogen-bond acceptors (Lipinski definition) is 3. The van der Waals surface area contributed by atoms with E-state index in [1.165, 1.54) is 13.2 Å². The molecule has 0 aliphatic rings. The first-order valence-electron chi connectivity index (χ1n) is 6.73. The molecule has 1 heterocycles. The van der Waals surface area contributed by atoms with Crippen LogP contribution in [-0.4, -0.2) is 18.6 Å². The topological polar surface area (TPSA) is 34.2 Å². The van der Waals surface area contributed by atoms with E-state index >= 15 is 0 Å². The Morgan fingerprint density at radius 2 is 2.10 bits per heavy atom. The standard InChI is InChI=1S/C16H19FN2O/c1-3-6-18-9-12-7-13(11-19-10-12)15-5-4-14(20-2)8-16(15)17/h4-5,7-8,10-11,18H,3,6,9H2,1-2H3. The fraction of sp³-hybridized carbons (Fsp3) is 0.312. The van der Waals surface area contributed by atoms with Crippen LogP contribution in [0.4, 0.5) is 4.39 Å². The van der Waals surface area contributed by atoms with E-state index in [9.17, 15) is 4.39 Å². The maximum absolute atomic E-state index is 14.0. The van der Waals surface area contributed by atoms with Crippen molar-refractivity contribution in [1.82, 2.24) is 10.3 Å². The molecule has 4 heteroatoms. The van der Waals surface area contributed by atoms with Crippen LogP contribution in [0.5, 0.6) is 5.75 Å². The minimum absolute atomic E-state index is 0.301. The lowest BCUT2D eigenvalue weighted by molar-refractivity contribution is 0.411. The van der Waals surface area contributed by atoms with Crippen molar-refractivity contribution in [2.75, 3.05) is 13.7 Å². The predicted molar refractivity (Wildman–Crippen MR) is 78.2 cm³/mol. The lowest BCUT2D eigenvalue weighted by atomic mass is 10.1. The number of halogens is 1. The number of nitrogens with zero attached hydrogens (tertiary/aromatic N) is 1. The molecule has 1 N–H and O–H groups in total. The number of ether oxygens (including phenoxy) is 1. The Kier molecular flexibility index (Phi) is 5.07. The van der Waals surface area contributed by atoms with Crippen LogP contribution in [0.2, 0.25) is 0 Å². The Labute approximate surface area is 118 Å². The molecular weight excluding hydrogens is 255 g/mol. The van der Waals surface area contributed by atoms with Crippen molar-refractivity contribution in [3.8, 4) is 16.9 Å². The average Bonchev–Trinajstić information content (AvgIpc) is 2.47. The molecule has 0 radical (unpaired) electrons. The molecule has 1 aromatic heterocycles. The van der Waals surface area contributed by atoms with E-state index in [0.717, 1.165) is 30.6 Å². The first kappa shape index (κ1) is 14.5. The second-order valence-corrected chi connectivity index (χ2v) is 4.60. The molecule has 2 rings (SSSR count). The molecule has 0 saturated carbocycles. The Morgan fingerprint density at radius 1 is 1.25 bits per heavy atom. The quantitative estimate of drug-likeness (QED) is 0.820. The molecule has 3 nitrogen and oxygen atoms in total. The smallest absolute Gasteiger partial charge is 0.134 e. The highest BCUT2D eigenvalue weighted by atomic mass is 19.1. The third kappa shape index (κ3) is 3.54. The number of methoxy groups -OCH3 is 1. The third-order valence-electron chi connectivity index (χ3n) is 3.04. The van der Waals surface area contributed by atoms with Gasteiger partial charge in [-0.1, -0.05) is 6.92 Å². The number of aromatic nitrogens is 1. The van der Waals surface area contributed by atoms with Crippen LogP contribution in [0.15, 0.2) is 36.7 Å². The molecule has 1 aromatic carbocycles. The van der Waals surface area contributed by atoms with Crippen molar-refractivity contribution >= 4 is 0 Å². The number of benzene rings is 1. The van der Waals surface area contributed by atoms with Gasteiger partial charge in [0.1, 0.15) is 11.6 Å². The van der Waals surface area contributed by atoms with Gasteiger partial charge in [-0.2, -0.15) is 0 Å². The van der Waals surface area contributed by atoms with E-state index in [2.05, 4.69) is 17.2 Å². The molecule has 20 heavy (non-hydrogen) atoms. The summed E-state index contributed by atoms with van der Waals surface area (Å²) in [4.78, 5) is 4.19. The Morgan fingerprint density at radius 3 is 2.80 bits per heavy atom. The van der Waals surface area contributed by atoms with Crippen LogP contribution in [0.25, 0.3) is 11.1 Å². The highest BCUT2D eigenvalue weighted by Gasteiger charge is 2.07. The summed E-state index contributed by atoms with van der Waals surface area (Å²) < 4.78 is 19.0. The Balaban J connectivity index is 2.22. The van der Waals surface area contributed by atoms with Gasteiger partial charge in [0.15, 0.2) is 0 Å². The molecule has 0 saturated heterocycles. The zero-order valence-corrected chi connectivity index (χ0v) is 11.8. The molecule has 0 atom stereocenters. The SMILES string of the molecule is CCCNCc1cncc(-c2ccc(OC)cc2F)c1. The van der Waals surface area contributed by atoms with E-state index in [-0.39, 0.29) is 5.82 Å². The van der Waals surface area contributed by atoms with Gasteiger partial charge in [0.2, 0.25) is 0 Å². The van der Waals surface area contributed by atoms with Crippen molar-refractivity contribution in [3.63, 3.8) is 0 Å². The number of hydrogen-bond donors (Lipinski definition) is 1. The fourth-order valence-corrected chi connectivity index (χ4v) is 2.00. The summed E-state index contributed by atoms with van der Waals surface area (Å²) in [5, 5.41) is 3.31. The van der Waals surface area contributed by atoms with E-state index < -0.39 is 0 Å². The zero-order valence-electron chi connectivity index (χ0n) is 11.8. The molecular formula is C16H19FN2O. The van der Waals surface area contributed by atoms with Gasteiger partial charge in [-0.15, -0.1) is 0 Å². The fourth-order valence-electron chi connectivity index (χ4n) is 2.00. The van der Waals surface area contributed by atoms with Gasteiger partial charge in [0.25, 0.3) is 0 Å². The Hall–Kier alpha value is -1.94. The molecule has 0 spiro atoms. The molecule has 0 unspecified atom stereocenters. The minimum atomic E-state index is -0.301.